The van der Waals surface area contributed by atoms with Crippen LogP contribution in [0, 0.1) is 0 Å². The molecule has 0 amide bonds. The van der Waals surface area contributed by atoms with E-state index in [9.17, 15) is 0 Å². The van der Waals surface area contributed by atoms with E-state index in [1.54, 1.807) is 0 Å². The minimum absolute atomic E-state index is 0.618. The number of rotatable bonds is 2. The number of hydrogen-bond acceptors (Lipinski definition) is 3. The zero-order valence-corrected chi connectivity index (χ0v) is 8.20. The molecule has 14 heavy (non-hydrogen) atoms. The topological polar surface area (TPSA) is 69.9 Å². The zero-order chi connectivity index (χ0) is 10.1. The molecular formula is C10H14N4. The molecule has 0 saturated carbocycles. The molecule has 0 saturated heterocycles. The number of imidazole rings is 1. The molecule has 0 spiro atoms. The van der Waals surface area contributed by atoms with Gasteiger partial charge in [0.25, 0.3) is 0 Å². The quantitative estimate of drug-likeness (QED) is 0.683. The van der Waals surface area contributed by atoms with Crippen LogP contribution in [0.5, 0.6) is 0 Å². The van der Waals surface area contributed by atoms with E-state index in [0.29, 0.717) is 6.54 Å². The Morgan fingerprint density at radius 2 is 2.21 bits per heavy atom. The van der Waals surface area contributed by atoms with Crippen LogP contribution >= 0.6 is 0 Å². The van der Waals surface area contributed by atoms with Gasteiger partial charge in [-0.05, 0) is 24.7 Å². The van der Waals surface area contributed by atoms with Crippen LogP contribution in [0.15, 0.2) is 18.2 Å². The van der Waals surface area contributed by atoms with Gasteiger partial charge in [-0.25, -0.2) is 4.98 Å². The molecule has 4 N–H and O–H groups in total. The van der Waals surface area contributed by atoms with E-state index in [-0.39, 0.29) is 0 Å². The van der Waals surface area contributed by atoms with Gasteiger partial charge in [-0.15, -0.1) is 0 Å². The highest BCUT2D eigenvalue weighted by atomic mass is 15.1. The SMILES string of the molecule is Cn1c(CCN)nc2cc(N)ccc21. The summed E-state index contributed by atoms with van der Waals surface area (Å²) in [6.45, 7) is 0.618. The summed E-state index contributed by atoms with van der Waals surface area (Å²) in [7, 11) is 2.00. The van der Waals surface area contributed by atoms with E-state index in [1.165, 1.54) is 0 Å². The Hall–Kier alpha value is -1.55. The average Bonchev–Trinajstić information content (AvgIpc) is 2.44. The largest absolute Gasteiger partial charge is 0.399 e. The van der Waals surface area contributed by atoms with Crippen LogP contribution in [-0.2, 0) is 13.5 Å². The van der Waals surface area contributed by atoms with Gasteiger partial charge in [0.05, 0.1) is 11.0 Å². The fraction of sp³-hybridized carbons (Fsp3) is 0.300. The molecule has 0 aliphatic carbocycles. The first-order valence-corrected chi connectivity index (χ1v) is 4.63. The Bertz CT molecular complexity index is 458. The first-order valence-electron chi connectivity index (χ1n) is 4.63. The third kappa shape index (κ3) is 1.33. The summed E-state index contributed by atoms with van der Waals surface area (Å²) in [5, 5.41) is 0. The number of fused-ring (bicyclic) bond motifs is 1. The molecule has 0 atom stereocenters. The van der Waals surface area contributed by atoms with E-state index < -0.39 is 0 Å². The second kappa shape index (κ2) is 3.31. The number of benzene rings is 1. The highest BCUT2D eigenvalue weighted by Gasteiger charge is 2.06. The molecule has 0 radical (unpaired) electrons. The average molecular weight is 190 g/mol. The van der Waals surface area contributed by atoms with Gasteiger partial charge in [-0.3, -0.25) is 0 Å². The lowest BCUT2D eigenvalue weighted by Gasteiger charge is -1.99. The highest BCUT2D eigenvalue weighted by Crippen LogP contribution is 2.17. The monoisotopic (exact) mass is 190 g/mol. The zero-order valence-electron chi connectivity index (χ0n) is 8.20. The first-order chi connectivity index (χ1) is 6.72. The van der Waals surface area contributed by atoms with Crippen LogP contribution in [0.3, 0.4) is 0 Å². The van der Waals surface area contributed by atoms with E-state index in [0.717, 1.165) is 29.0 Å². The standard InChI is InChI=1S/C10H14N4/c1-14-9-3-2-7(12)6-8(9)13-10(14)4-5-11/h2-3,6H,4-5,11-12H2,1H3. The first kappa shape index (κ1) is 9.02. The number of hydrogen-bond donors (Lipinski definition) is 2. The van der Waals surface area contributed by atoms with E-state index in [2.05, 4.69) is 9.55 Å². The Morgan fingerprint density at radius 1 is 1.43 bits per heavy atom. The Labute approximate surface area is 82.5 Å². The Kier molecular flexibility index (Phi) is 2.13. The molecule has 0 aliphatic rings. The van der Waals surface area contributed by atoms with Crippen LogP contribution in [0.4, 0.5) is 5.69 Å². The molecule has 1 aromatic heterocycles. The van der Waals surface area contributed by atoms with Crippen LogP contribution in [0.2, 0.25) is 0 Å². The minimum atomic E-state index is 0.618. The molecule has 2 rings (SSSR count). The van der Waals surface area contributed by atoms with Crippen LogP contribution in [0.25, 0.3) is 11.0 Å². The van der Waals surface area contributed by atoms with Crippen molar-refractivity contribution in [3.63, 3.8) is 0 Å². The molecule has 1 aromatic carbocycles. The lowest BCUT2D eigenvalue weighted by molar-refractivity contribution is 0.794. The van der Waals surface area contributed by atoms with Crippen molar-refractivity contribution in [2.75, 3.05) is 12.3 Å². The van der Waals surface area contributed by atoms with Crippen molar-refractivity contribution in [1.82, 2.24) is 9.55 Å². The van der Waals surface area contributed by atoms with Crippen molar-refractivity contribution in [2.24, 2.45) is 12.8 Å². The third-order valence-electron chi connectivity index (χ3n) is 2.37. The van der Waals surface area contributed by atoms with Crippen molar-refractivity contribution >= 4 is 16.7 Å². The van der Waals surface area contributed by atoms with Crippen molar-refractivity contribution in [2.45, 2.75) is 6.42 Å². The molecule has 0 fully saturated rings. The minimum Gasteiger partial charge on any atom is -0.399 e. The second-order valence-electron chi connectivity index (χ2n) is 3.37. The summed E-state index contributed by atoms with van der Waals surface area (Å²) < 4.78 is 2.06. The summed E-state index contributed by atoms with van der Waals surface area (Å²) >= 11 is 0. The van der Waals surface area contributed by atoms with E-state index >= 15 is 0 Å². The predicted molar refractivity (Wildman–Crippen MR) is 57.9 cm³/mol. The third-order valence-corrected chi connectivity index (χ3v) is 2.37. The van der Waals surface area contributed by atoms with Crippen molar-refractivity contribution in [1.29, 1.82) is 0 Å². The summed E-state index contributed by atoms with van der Waals surface area (Å²) in [5.74, 6) is 1.01. The molecular weight excluding hydrogens is 176 g/mol. The van der Waals surface area contributed by atoms with Crippen molar-refractivity contribution in [3.8, 4) is 0 Å². The molecule has 2 aromatic rings. The predicted octanol–water partition coefficient (Wildman–Crippen LogP) is 0.657. The van der Waals surface area contributed by atoms with Crippen LogP contribution < -0.4 is 11.5 Å². The molecule has 0 aliphatic heterocycles. The summed E-state index contributed by atoms with van der Waals surface area (Å²) in [5.41, 5.74) is 14.0. The normalized spacial score (nSPS) is 11.0. The van der Waals surface area contributed by atoms with Gasteiger partial charge in [-0.1, -0.05) is 0 Å². The van der Waals surface area contributed by atoms with E-state index in [1.807, 2.05) is 25.2 Å². The lowest BCUT2D eigenvalue weighted by Crippen LogP contribution is -2.07. The summed E-state index contributed by atoms with van der Waals surface area (Å²) in [6, 6.07) is 5.75. The van der Waals surface area contributed by atoms with Crippen LogP contribution in [-0.4, -0.2) is 16.1 Å². The number of nitrogen functional groups attached to an aromatic ring is 1. The number of aromatic nitrogens is 2. The number of nitrogens with two attached hydrogens (primary N) is 2. The molecule has 4 nitrogen and oxygen atoms in total. The Balaban J connectivity index is 2.61. The number of aryl methyl sites for hydroxylation is 1. The number of anilines is 1. The van der Waals surface area contributed by atoms with Crippen molar-refractivity contribution < 1.29 is 0 Å². The molecule has 4 heteroatoms. The number of nitrogens with zero attached hydrogens (tertiary/aromatic N) is 2. The van der Waals surface area contributed by atoms with Gasteiger partial charge in [-0.2, -0.15) is 0 Å². The second-order valence-corrected chi connectivity index (χ2v) is 3.37. The maximum Gasteiger partial charge on any atom is 0.110 e. The van der Waals surface area contributed by atoms with Gasteiger partial charge in [0.1, 0.15) is 5.82 Å². The maximum absolute atomic E-state index is 5.68. The molecule has 0 unspecified atom stereocenters. The van der Waals surface area contributed by atoms with Crippen LogP contribution in [0.1, 0.15) is 5.82 Å². The fourth-order valence-electron chi connectivity index (χ4n) is 1.62. The van der Waals surface area contributed by atoms with Gasteiger partial charge in [0.15, 0.2) is 0 Å². The Morgan fingerprint density at radius 3 is 2.93 bits per heavy atom. The highest BCUT2D eigenvalue weighted by molar-refractivity contribution is 5.79. The van der Waals surface area contributed by atoms with Gasteiger partial charge in [0.2, 0.25) is 0 Å². The molecule has 0 bridgehead atoms. The lowest BCUT2D eigenvalue weighted by atomic mass is 10.3. The summed E-state index contributed by atoms with van der Waals surface area (Å²) in [4.78, 5) is 4.47. The van der Waals surface area contributed by atoms with Gasteiger partial charge in [0, 0.05) is 19.2 Å². The van der Waals surface area contributed by atoms with Gasteiger partial charge < -0.3 is 16.0 Å². The van der Waals surface area contributed by atoms with Gasteiger partial charge >= 0.3 is 0 Å². The fourth-order valence-corrected chi connectivity index (χ4v) is 1.62. The summed E-state index contributed by atoms with van der Waals surface area (Å²) in [6.07, 6.45) is 0.797. The maximum atomic E-state index is 5.68. The van der Waals surface area contributed by atoms with E-state index in [4.69, 9.17) is 11.5 Å². The smallest absolute Gasteiger partial charge is 0.110 e. The van der Waals surface area contributed by atoms with Crippen molar-refractivity contribution in [3.05, 3.63) is 24.0 Å². The molecule has 74 valence electrons. The molecule has 1 heterocycles.